The molecule has 0 aliphatic heterocycles. The summed E-state index contributed by atoms with van der Waals surface area (Å²) in [6.45, 7) is 1.17. The highest BCUT2D eigenvalue weighted by Crippen LogP contribution is 2.10. The Hall–Kier alpha value is 0.220. The zero-order valence-electron chi connectivity index (χ0n) is 12.7. The summed E-state index contributed by atoms with van der Waals surface area (Å²) >= 11 is 0. The Morgan fingerprint density at radius 3 is 1.35 bits per heavy atom. The van der Waals surface area contributed by atoms with E-state index >= 15 is 0 Å². The topological polar surface area (TPSA) is 86.2 Å². The van der Waals surface area contributed by atoms with Crippen LogP contribution in [0.15, 0.2) is 0 Å². The standard InChI is InChI=1S/C14H32N2O2S2/c15-11-9-7-5-3-1-2-4-6-8-10-13-19(17)20(18)14-12-16/h1-16H2. The van der Waals surface area contributed by atoms with Gasteiger partial charge in [-0.25, -0.2) is 8.42 Å². The van der Waals surface area contributed by atoms with Crippen LogP contribution in [0.4, 0.5) is 0 Å². The van der Waals surface area contributed by atoms with Crippen molar-refractivity contribution >= 4 is 19.7 Å². The van der Waals surface area contributed by atoms with Crippen LogP contribution >= 0.6 is 0 Å². The van der Waals surface area contributed by atoms with Gasteiger partial charge in [0.25, 0.3) is 0 Å². The van der Waals surface area contributed by atoms with E-state index in [1.54, 1.807) is 0 Å². The van der Waals surface area contributed by atoms with Gasteiger partial charge in [0.05, 0.1) is 0 Å². The Kier molecular flexibility index (Phi) is 15.8. The molecule has 0 aromatic carbocycles. The van der Waals surface area contributed by atoms with Crippen molar-refractivity contribution in [3.8, 4) is 0 Å². The van der Waals surface area contributed by atoms with Gasteiger partial charge in [0.2, 0.25) is 0 Å². The first-order chi connectivity index (χ1) is 9.72. The smallest absolute Gasteiger partial charge is 0.112 e. The zero-order valence-corrected chi connectivity index (χ0v) is 14.3. The largest absolute Gasteiger partial charge is 0.330 e. The lowest BCUT2D eigenvalue weighted by Crippen LogP contribution is -2.15. The van der Waals surface area contributed by atoms with E-state index in [2.05, 4.69) is 0 Å². The highest BCUT2D eigenvalue weighted by molar-refractivity contribution is 8.61. The van der Waals surface area contributed by atoms with Crippen LogP contribution in [0.5, 0.6) is 0 Å². The number of hydrogen-bond donors (Lipinski definition) is 2. The van der Waals surface area contributed by atoms with Crippen LogP contribution in [0.25, 0.3) is 0 Å². The van der Waals surface area contributed by atoms with Gasteiger partial charge in [-0.1, -0.05) is 51.4 Å². The Morgan fingerprint density at radius 1 is 0.500 bits per heavy atom. The Labute approximate surface area is 128 Å². The molecular formula is C14H32N2O2S2. The minimum absolute atomic E-state index is 0.351. The molecular weight excluding hydrogens is 292 g/mol. The summed E-state index contributed by atoms with van der Waals surface area (Å²) in [5, 5.41) is 0. The van der Waals surface area contributed by atoms with E-state index in [4.69, 9.17) is 11.5 Å². The van der Waals surface area contributed by atoms with E-state index in [-0.39, 0.29) is 0 Å². The van der Waals surface area contributed by atoms with Crippen LogP contribution in [-0.4, -0.2) is 33.0 Å². The van der Waals surface area contributed by atoms with E-state index in [1.807, 2.05) is 0 Å². The van der Waals surface area contributed by atoms with Crippen LogP contribution in [0, 0.1) is 0 Å². The fourth-order valence-electron chi connectivity index (χ4n) is 2.06. The second-order valence-electron chi connectivity index (χ2n) is 5.13. The van der Waals surface area contributed by atoms with Gasteiger partial charge in [-0.3, -0.25) is 0 Å². The van der Waals surface area contributed by atoms with Gasteiger partial charge in [-0.2, -0.15) is 0 Å². The minimum atomic E-state index is -1.24. The van der Waals surface area contributed by atoms with Gasteiger partial charge in [0.1, 0.15) is 19.7 Å². The van der Waals surface area contributed by atoms with Gasteiger partial charge >= 0.3 is 0 Å². The highest BCUT2D eigenvalue weighted by atomic mass is 33.1. The summed E-state index contributed by atoms with van der Waals surface area (Å²) in [5.41, 5.74) is 10.7. The molecule has 4 N–H and O–H groups in total. The molecule has 0 aromatic rings. The molecule has 6 heteroatoms. The maximum atomic E-state index is 11.5. The predicted molar refractivity (Wildman–Crippen MR) is 90.3 cm³/mol. The van der Waals surface area contributed by atoms with E-state index in [1.165, 1.54) is 44.9 Å². The fraction of sp³-hybridized carbons (Fsp3) is 1.00. The summed E-state index contributed by atoms with van der Waals surface area (Å²) < 4.78 is 22.9. The molecule has 0 bridgehead atoms. The first-order valence-electron chi connectivity index (χ1n) is 7.89. The summed E-state index contributed by atoms with van der Waals surface area (Å²) in [6, 6.07) is 0. The quantitative estimate of drug-likeness (QED) is 0.357. The van der Waals surface area contributed by atoms with Crippen LogP contribution < -0.4 is 11.5 Å². The molecule has 2 unspecified atom stereocenters. The summed E-state index contributed by atoms with van der Waals surface area (Å²) in [7, 11) is -2.44. The first-order valence-corrected chi connectivity index (χ1v) is 11.0. The maximum absolute atomic E-state index is 11.5. The Morgan fingerprint density at radius 2 is 0.900 bits per heavy atom. The molecule has 2 atom stereocenters. The van der Waals surface area contributed by atoms with Crippen molar-refractivity contribution in [2.45, 2.75) is 64.2 Å². The van der Waals surface area contributed by atoms with Gasteiger partial charge in [-0.15, -0.1) is 0 Å². The van der Waals surface area contributed by atoms with E-state index < -0.39 is 19.7 Å². The molecule has 4 nitrogen and oxygen atoms in total. The molecule has 0 fully saturated rings. The molecule has 0 heterocycles. The summed E-state index contributed by atoms with van der Waals surface area (Å²) in [5.74, 6) is 0.919. The molecule has 0 saturated heterocycles. The lowest BCUT2D eigenvalue weighted by Gasteiger charge is -2.03. The number of rotatable bonds is 15. The SMILES string of the molecule is NCCCCCCCCCCCCS(=O)S(=O)CCN. The molecule has 0 rings (SSSR count). The number of unbranched alkanes of at least 4 members (excludes halogenated alkanes) is 9. The van der Waals surface area contributed by atoms with Crippen molar-refractivity contribution in [1.29, 1.82) is 0 Å². The molecule has 0 aliphatic carbocycles. The summed E-state index contributed by atoms with van der Waals surface area (Å²) in [4.78, 5) is 0. The van der Waals surface area contributed by atoms with Gasteiger partial charge < -0.3 is 11.5 Å². The third-order valence-electron chi connectivity index (χ3n) is 3.26. The van der Waals surface area contributed by atoms with E-state index in [0.717, 1.165) is 25.8 Å². The van der Waals surface area contributed by atoms with Crippen molar-refractivity contribution in [3.05, 3.63) is 0 Å². The van der Waals surface area contributed by atoms with Crippen molar-refractivity contribution in [3.63, 3.8) is 0 Å². The van der Waals surface area contributed by atoms with Gasteiger partial charge in [0, 0.05) is 18.1 Å². The second kappa shape index (κ2) is 15.6. The molecule has 0 radical (unpaired) electrons. The third-order valence-corrected chi connectivity index (χ3v) is 7.11. The van der Waals surface area contributed by atoms with Gasteiger partial charge in [0.15, 0.2) is 0 Å². The molecule has 0 aliphatic rings. The average Bonchev–Trinajstić information content (AvgIpc) is 2.44. The molecule has 122 valence electrons. The molecule has 0 amide bonds. The number of nitrogens with two attached hydrogens (primary N) is 2. The molecule has 0 aromatic heterocycles. The molecule has 20 heavy (non-hydrogen) atoms. The van der Waals surface area contributed by atoms with Crippen molar-refractivity contribution in [1.82, 2.24) is 0 Å². The van der Waals surface area contributed by atoms with Crippen LogP contribution in [0.2, 0.25) is 0 Å². The molecule has 0 spiro atoms. The fourth-order valence-corrected chi connectivity index (χ4v) is 4.82. The summed E-state index contributed by atoms with van der Waals surface area (Å²) in [6.07, 6.45) is 12.1. The highest BCUT2D eigenvalue weighted by Gasteiger charge is 2.07. The van der Waals surface area contributed by atoms with Crippen molar-refractivity contribution in [2.75, 3.05) is 24.6 Å². The average molecular weight is 325 g/mol. The second-order valence-corrected chi connectivity index (χ2v) is 9.39. The van der Waals surface area contributed by atoms with Crippen molar-refractivity contribution in [2.24, 2.45) is 11.5 Å². The lowest BCUT2D eigenvalue weighted by molar-refractivity contribution is 0.558. The van der Waals surface area contributed by atoms with Crippen LogP contribution in [0.3, 0.4) is 0 Å². The van der Waals surface area contributed by atoms with Crippen molar-refractivity contribution < 1.29 is 8.42 Å². The van der Waals surface area contributed by atoms with Crippen LogP contribution in [-0.2, 0) is 19.7 Å². The monoisotopic (exact) mass is 324 g/mol. The van der Waals surface area contributed by atoms with E-state index in [0.29, 0.717) is 18.1 Å². The van der Waals surface area contributed by atoms with E-state index in [9.17, 15) is 8.42 Å². The molecule has 0 saturated carbocycles. The van der Waals surface area contributed by atoms with Crippen LogP contribution in [0.1, 0.15) is 64.2 Å². The first kappa shape index (κ1) is 20.2. The normalized spacial score (nSPS) is 14.3. The zero-order chi connectivity index (χ0) is 15.1. The predicted octanol–water partition coefficient (Wildman–Crippen LogP) is 2.22. The maximum Gasteiger partial charge on any atom is 0.112 e. The number of hydrogen-bond acceptors (Lipinski definition) is 4. The third kappa shape index (κ3) is 13.2. The Balaban J connectivity index is 3.20. The minimum Gasteiger partial charge on any atom is -0.330 e. The lowest BCUT2D eigenvalue weighted by atomic mass is 10.1. The Bertz CT molecular complexity index is 264. The van der Waals surface area contributed by atoms with Gasteiger partial charge in [-0.05, 0) is 19.4 Å².